The zero-order valence-electron chi connectivity index (χ0n) is 27.4. The fraction of sp³-hybridized carbons (Fsp3) is 0.513. The van der Waals surface area contributed by atoms with Gasteiger partial charge in [-0.1, -0.05) is 68.4 Å². The van der Waals surface area contributed by atoms with Crippen molar-refractivity contribution in [2.75, 3.05) is 6.16 Å². The molecule has 0 amide bonds. The number of carbonyl (C=O) groups excluding carboxylic acids is 1. The Morgan fingerprint density at radius 3 is 2.00 bits per heavy atom. The molecule has 7 heteroatoms. The highest BCUT2D eigenvalue weighted by Gasteiger charge is 2.69. The fourth-order valence-electron chi connectivity index (χ4n) is 8.87. The average molecular weight is 644 g/mol. The third-order valence-corrected chi connectivity index (χ3v) is 15.8. The highest BCUT2D eigenvalue weighted by atomic mass is 31.2. The molecule has 4 heterocycles. The van der Waals surface area contributed by atoms with Crippen LogP contribution >= 0.6 is 7.26 Å². The Morgan fingerprint density at radius 2 is 1.39 bits per heavy atom. The molecule has 3 aromatic carbocycles. The SMILES string of the molecule is C[C@H]1[C@H](OC(=O)CCCCC[P+](c2ccccc2)(c2ccccc2)c2ccccc2)O[C@@H]2O[C@@]3(C)CC[C@H]4[C@H](C)CC[C@@H]1[C@@]24OO3. The second-order valence-corrected chi connectivity index (χ2v) is 17.7. The molecule has 4 saturated heterocycles. The van der Waals surface area contributed by atoms with Gasteiger partial charge in [0.15, 0.2) is 11.9 Å². The summed E-state index contributed by atoms with van der Waals surface area (Å²) in [7, 11) is -1.87. The monoisotopic (exact) mass is 643 g/mol. The van der Waals surface area contributed by atoms with Crippen LogP contribution in [0.4, 0.5) is 0 Å². The lowest BCUT2D eigenvalue weighted by atomic mass is 9.58. The number of carbonyl (C=O) groups is 1. The number of ether oxygens (including phenoxy) is 3. The molecule has 0 unspecified atom stereocenters. The molecule has 8 rings (SSSR count). The smallest absolute Gasteiger partial charge is 0.308 e. The van der Waals surface area contributed by atoms with E-state index in [2.05, 4.69) is 105 Å². The Kier molecular flexibility index (Phi) is 9.12. The van der Waals surface area contributed by atoms with Crippen LogP contribution in [-0.2, 0) is 28.8 Å². The van der Waals surface area contributed by atoms with Gasteiger partial charge in [-0.2, -0.15) is 0 Å². The number of benzene rings is 3. The molecule has 6 nitrogen and oxygen atoms in total. The zero-order valence-corrected chi connectivity index (χ0v) is 28.3. The summed E-state index contributed by atoms with van der Waals surface area (Å²) in [6.07, 6.45) is 6.75. The van der Waals surface area contributed by atoms with Gasteiger partial charge in [-0.25, -0.2) is 9.78 Å². The Morgan fingerprint density at radius 1 is 0.783 bits per heavy atom. The maximum absolute atomic E-state index is 13.3. The van der Waals surface area contributed by atoms with Gasteiger partial charge in [-0.3, -0.25) is 4.79 Å². The summed E-state index contributed by atoms with van der Waals surface area (Å²) in [5, 5.41) is 4.18. The zero-order chi connectivity index (χ0) is 31.8. The van der Waals surface area contributed by atoms with Crippen molar-refractivity contribution in [3.8, 4) is 0 Å². The summed E-state index contributed by atoms with van der Waals surface area (Å²) in [5.74, 6) is -0.141. The van der Waals surface area contributed by atoms with Crippen LogP contribution in [0, 0.1) is 23.7 Å². The number of esters is 1. The van der Waals surface area contributed by atoms with Gasteiger partial charge in [0.2, 0.25) is 12.1 Å². The van der Waals surface area contributed by atoms with E-state index in [0.29, 0.717) is 12.3 Å². The maximum Gasteiger partial charge on any atom is 0.308 e. The number of hydrogen-bond acceptors (Lipinski definition) is 6. The van der Waals surface area contributed by atoms with Crippen LogP contribution < -0.4 is 15.9 Å². The summed E-state index contributed by atoms with van der Waals surface area (Å²) in [5.41, 5.74) is -0.651. The Hall–Kier alpha value is -2.60. The minimum atomic E-state index is -1.87. The van der Waals surface area contributed by atoms with Gasteiger partial charge in [-0.15, -0.1) is 0 Å². The Balaban J connectivity index is 1.01. The summed E-state index contributed by atoms with van der Waals surface area (Å²) in [6.45, 7) is 6.35. The van der Waals surface area contributed by atoms with Crippen molar-refractivity contribution in [2.45, 2.75) is 96.1 Å². The molecular weight excluding hydrogens is 595 g/mol. The van der Waals surface area contributed by atoms with Gasteiger partial charge in [0, 0.05) is 24.7 Å². The summed E-state index contributed by atoms with van der Waals surface area (Å²) >= 11 is 0. The number of fused-ring (bicyclic) bond motifs is 2. The summed E-state index contributed by atoms with van der Waals surface area (Å²) < 4.78 is 19.0. The quantitative estimate of drug-likeness (QED) is 0.100. The Bertz CT molecular complexity index is 1370. The molecule has 5 fully saturated rings. The van der Waals surface area contributed by atoms with Gasteiger partial charge in [0.25, 0.3) is 0 Å². The van der Waals surface area contributed by atoms with Crippen molar-refractivity contribution in [3.63, 3.8) is 0 Å². The van der Waals surface area contributed by atoms with E-state index in [9.17, 15) is 4.79 Å². The second-order valence-electron chi connectivity index (χ2n) is 14.1. The molecular formula is C39H48O6P+. The molecule has 0 radical (unpaired) electrons. The van der Waals surface area contributed by atoms with Gasteiger partial charge >= 0.3 is 5.97 Å². The first-order valence-corrected chi connectivity index (χ1v) is 19.3. The fourth-order valence-corrected chi connectivity index (χ4v) is 13.3. The molecule has 8 atom stereocenters. The van der Waals surface area contributed by atoms with Crippen LogP contribution in [-0.4, -0.2) is 36.1 Å². The van der Waals surface area contributed by atoms with Crippen molar-refractivity contribution < 1.29 is 28.8 Å². The molecule has 1 aliphatic carbocycles. The maximum atomic E-state index is 13.3. The van der Waals surface area contributed by atoms with Crippen LogP contribution in [0.3, 0.4) is 0 Å². The first kappa shape index (κ1) is 32.0. The van der Waals surface area contributed by atoms with Gasteiger partial charge in [0.05, 0.1) is 6.16 Å². The van der Waals surface area contributed by atoms with Crippen LogP contribution in [0.25, 0.3) is 0 Å². The lowest BCUT2D eigenvalue weighted by Crippen LogP contribution is -2.70. The van der Waals surface area contributed by atoms with E-state index in [1.807, 2.05) is 6.92 Å². The molecule has 1 spiro atoms. The summed E-state index contributed by atoms with van der Waals surface area (Å²) in [4.78, 5) is 25.4. The number of hydrogen-bond donors (Lipinski definition) is 0. The van der Waals surface area contributed by atoms with E-state index in [4.69, 9.17) is 24.0 Å². The van der Waals surface area contributed by atoms with Crippen LogP contribution in [0.15, 0.2) is 91.0 Å². The van der Waals surface area contributed by atoms with Crippen LogP contribution in [0.1, 0.15) is 72.1 Å². The molecule has 2 bridgehead atoms. The highest BCUT2D eigenvalue weighted by molar-refractivity contribution is 7.95. The minimum Gasteiger partial charge on any atom is -0.435 e. The highest BCUT2D eigenvalue weighted by Crippen LogP contribution is 2.61. The number of unbranched alkanes of at least 4 members (excludes halogenated alkanes) is 2. The lowest BCUT2D eigenvalue weighted by molar-refractivity contribution is -0.576. The van der Waals surface area contributed by atoms with Crippen molar-refractivity contribution in [1.82, 2.24) is 0 Å². The molecule has 0 aromatic heterocycles. The van der Waals surface area contributed by atoms with Crippen molar-refractivity contribution in [3.05, 3.63) is 91.0 Å². The molecule has 1 saturated carbocycles. The van der Waals surface area contributed by atoms with E-state index in [1.165, 1.54) is 15.9 Å². The molecule has 3 aromatic rings. The first-order chi connectivity index (χ1) is 22.4. The number of rotatable bonds is 10. The third kappa shape index (κ3) is 5.65. The van der Waals surface area contributed by atoms with Gasteiger partial charge in [0.1, 0.15) is 23.2 Å². The molecule has 46 heavy (non-hydrogen) atoms. The first-order valence-electron chi connectivity index (χ1n) is 17.3. The minimum absolute atomic E-state index is 0.0158. The van der Waals surface area contributed by atoms with Gasteiger partial charge < -0.3 is 14.2 Å². The van der Waals surface area contributed by atoms with Crippen molar-refractivity contribution in [1.29, 1.82) is 0 Å². The van der Waals surface area contributed by atoms with Crippen molar-refractivity contribution >= 4 is 29.1 Å². The third-order valence-electron chi connectivity index (χ3n) is 11.3. The summed E-state index contributed by atoms with van der Waals surface area (Å²) in [6, 6.07) is 32.9. The predicted molar refractivity (Wildman–Crippen MR) is 181 cm³/mol. The normalized spacial score (nSPS) is 33.5. The van der Waals surface area contributed by atoms with E-state index in [-0.39, 0.29) is 23.7 Å². The van der Waals surface area contributed by atoms with Crippen LogP contribution in [0.2, 0.25) is 0 Å². The van der Waals surface area contributed by atoms with E-state index in [1.54, 1.807) is 0 Å². The average Bonchev–Trinajstić information content (AvgIpc) is 3.32. The Labute approximate surface area is 274 Å². The molecule has 244 valence electrons. The topological polar surface area (TPSA) is 63.2 Å². The van der Waals surface area contributed by atoms with Gasteiger partial charge in [-0.05, 0) is 93.7 Å². The van der Waals surface area contributed by atoms with E-state index >= 15 is 0 Å². The van der Waals surface area contributed by atoms with E-state index in [0.717, 1.165) is 51.1 Å². The lowest BCUT2D eigenvalue weighted by Gasteiger charge is -2.59. The van der Waals surface area contributed by atoms with Crippen molar-refractivity contribution in [2.24, 2.45) is 23.7 Å². The van der Waals surface area contributed by atoms with Crippen LogP contribution in [0.5, 0.6) is 0 Å². The predicted octanol–water partition coefficient (Wildman–Crippen LogP) is 7.29. The molecule has 4 aliphatic heterocycles. The second kappa shape index (κ2) is 13.1. The molecule has 0 N–H and O–H groups in total. The standard InChI is InChI=1S/C39H48O6P/c1-28-23-24-34-29(2)36(42-37-39(34)33(28)25-26-38(3,43-37)44-45-39)41-35(40)22-14-7-15-27-46(30-16-8-4-9-17-30,31-18-10-5-11-19-31)32-20-12-6-13-21-32/h4-6,8-13,16-21,28-29,33-34,36-37H,7,14-15,22-27H2,1-3H3/q+1/t28-,29-,33+,34+,36-,37-,38-,39-/m1/s1. The molecule has 5 aliphatic rings. The van der Waals surface area contributed by atoms with E-state index < -0.39 is 31.2 Å². The largest absolute Gasteiger partial charge is 0.435 e.